The second kappa shape index (κ2) is 7.36. The molecule has 2 N–H and O–H groups in total. The lowest BCUT2D eigenvalue weighted by molar-refractivity contribution is 0.101. The lowest BCUT2D eigenvalue weighted by atomic mass is 9.91. The highest BCUT2D eigenvalue weighted by atomic mass is 35.5. The molecule has 0 saturated heterocycles. The quantitative estimate of drug-likeness (QED) is 0.625. The topological polar surface area (TPSA) is 67.2 Å². The number of aryl methyl sites for hydroxylation is 1. The number of carbonyl (C=O) groups excluding carboxylic acids is 1. The molecule has 5 nitrogen and oxygen atoms in total. The highest BCUT2D eigenvalue weighted by Gasteiger charge is 2.43. The molecule has 2 atom stereocenters. The summed E-state index contributed by atoms with van der Waals surface area (Å²) in [4.78, 5) is 17.8. The van der Waals surface area contributed by atoms with Crippen molar-refractivity contribution in [2.24, 2.45) is 18.9 Å². The third-order valence-electron chi connectivity index (χ3n) is 6.78. The minimum absolute atomic E-state index is 0.0334. The molecular formula is C23H23ClFN3O2. The zero-order valence-electron chi connectivity index (χ0n) is 16.6. The second-order valence-electron chi connectivity index (χ2n) is 8.59. The number of benzene rings is 1. The van der Waals surface area contributed by atoms with Gasteiger partial charge in [0.2, 0.25) is 0 Å². The largest absolute Gasteiger partial charge is 0.393 e. The number of nitrogens with zero attached hydrogens (tertiary/aromatic N) is 2. The Morgan fingerprint density at radius 1 is 1.23 bits per heavy atom. The van der Waals surface area contributed by atoms with Crippen molar-refractivity contribution in [3.63, 3.8) is 0 Å². The number of halogens is 2. The molecule has 3 aromatic rings. The summed E-state index contributed by atoms with van der Waals surface area (Å²) in [6.07, 6.45) is 5.17. The maximum absolute atomic E-state index is 13.5. The van der Waals surface area contributed by atoms with Crippen molar-refractivity contribution in [2.45, 2.75) is 37.7 Å². The third kappa shape index (κ3) is 3.19. The summed E-state index contributed by atoms with van der Waals surface area (Å²) in [5, 5.41) is 13.8. The van der Waals surface area contributed by atoms with Crippen LogP contribution in [0.1, 0.15) is 47.7 Å². The predicted octanol–water partition coefficient (Wildman–Crippen LogP) is 4.88. The fraction of sp³-hybridized carbons (Fsp3) is 0.391. The molecule has 0 spiro atoms. The molecule has 2 saturated carbocycles. The zero-order chi connectivity index (χ0) is 21.0. The fourth-order valence-electron chi connectivity index (χ4n) is 5.56. The Labute approximate surface area is 178 Å². The summed E-state index contributed by atoms with van der Waals surface area (Å²) in [7, 11) is 1.85. The molecule has 7 heteroatoms. The van der Waals surface area contributed by atoms with Gasteiger partial charge in [-0.1, -0.05) is 11.6 Å². The number of hydrogen-bond donors (Lipinski definition) is 2. The van der Waals surface area contributed by atoms with Gasteiger partial charge in [0.05, 0.1) is 11.1 Å². The molecule has 30 heavy (non-hydrogen) atoms. The first kappa shape index (κ1) is 19.5. The van der Waals surface area contributed by atoms with Crippen LogP contribution >= 0.6 is 11.6 Å². The van der Waals surface area contributed by atoms with Gasteiger partial charge in [-0.15, -0.1) is 0 Å². The first-order valence-corrected chi connectivity index (χ1v) is 10.7. The summed E-state index contributed by atoms with van der Waals surface area (Å²) in [6, 6.07) is 8.07. The van der Waals surface area contributed by atoms with E-state index in [0.29, 0.717) is 23.2 Å². The molecule has 2 aliphatic rings. The van der Waals surface area contributed by atoms with Gasteiger partial charge in [-0.2, -0.15) is 0 Å². The number of nitrogens with one attached hydrogen (secondary N) is 1. The van der Waals surface area contributed by atoms with Crippen LogP contribution in [0.15, 0.2) is 36.5 Å². The van der Waals surface area contributed by atoms with Crippen LogP contribution in [-0.4, -0.2) is 26.7 Å². The highest BCUT2D eigenvalue weighted by Crippen LogP contribution is 2.52. The highest BCUT2D eigenvalue weighted by molar-refractivity contribution is 6.31. The van der Waals surface area contributed by atoms with Crippen LogP contribution in [0.25, 0.3) is 11.0 Å². The molecule has 2 heterocycles. The monoisotopic (exact) mass is 427 g/mol. The first-order valence-electron chi connectivity index (χ1n) is 10.3. The first-order chi connectivity index (χ1) is 14.4. The van der Waals surface area contributed by atoms with Crippen LogP contribution in [0, 0.1) is 17.7 Å². The molecule has 0 radical (unpaired) electrons. The van der Waals surface area contributed by atoms with Gasteiger partial charge >= 0.3 is 0 Å². The smallest absolute Gasteiger partial charge is 0.272 e. The Hall–Kier alpha value is -2.44. The zero-order valence-corrected chi connectivity index (χ0v) is 17.4. The van der Waals surface area contributed by atoms with Gasteiger partial charge in [0, 0.05) is 24.3 Å². The Morgan fingerprint density at radius 2 is 1.97 bits per heavy atom. The van der Waals surface area contributed by atoms with Gasteiger partial charge in [-0.25, -0.2) is 9.37 Å². The predicted molar refractivity (Wildman–Crippen MR) is 114 cm³/mol. The van der Waals surface area contributed by atoms with Crippen LogP contribution in [0.5, 0.6) is 0 Å². The molecule has 2 aromatic heterocycles. The maximum Gasteiger partial charge on any atom is 0.272 e. The average Bonchev–Trinajstić information content (AvgIpc) is 3.34. The number of hydrogen-bond acceptors (Lipinski definition) is 3. The summed E-state index contributed by atoms with van der Waals surface area (Å²) in [5.41, 5.74) is 2.82. The Kier molecular flexibility index (Phi) is 4.79. The Morgan fingerprint density at radius 3 is 2.67 bits per heavy atom. The molecule has 2 unspecified atom stereocenters. The molecule has 0 bridgehead atoms. The van der Waals surface area contributed by atoms with Crippen LogP contribution in [-0.2, 0) is 7.05 Å². The lowest BCUT2D eigenvalue weighted by Gasteiger charge is -2.15. The van der Waals surface area contributed by atoms with E-state index in [0.717, 1.165) is 42.3 Å². The van der Waals surface area contributed by atoms with E-state index in [9.17, 15) is 14.3 Å². The number of aromatic nitrogens is 2. The maximum atomic E-state index is 13.5. The summed E-state index contributed by atoms with van der Waals surface area (Å²) in [5.74, 6) is 0.472. The molecule has 2 aliphatic carbocycles. The van der Waals surface area contributed by atoms with Crippen molar-refractivity contribution in [1.82, 2.24) is 9.55 Å². The fourth-order valence-corrected chi connectivity index (χ4v) is 5.74. The lowest BCUT2D eigenvalue weighted by Crippen LogP contribution is -2.18. The van der Waals surface area contributed by atoms with Crippen molar-refractivity contribution < 1.29 is 14.3 Å². The minimum atomic E-state index is -0.524. The number of anilines is 1. The SMILES string of the molecule is Cn1c(C(=O)Nc2ccc(F)c(Cl)c2)c(C2CC3CC(O)CC3C2)c2cccnc21. The van der Waals surface area contributed by atoms with Crippen molar-refractivity contribution in [1.29, 1.82) is 0 Å². The van der Waals surface area contributed by atoms with Crippen LogP contribution < -0.4 is 5.32 Å². The normalized spacial score (nSPS) is 25.6. The van der Waals surface area contributed by atoms with Gasteiger partial charge < -0.3 is 15.0 Å². The summed E-state index contributed by atoms with van der Waals surface area (Å²) in [6.45, 7) is 0. The molecular weight excluding hydrogens is 405 g/mol. The molecule has 2 fully saturated rings. The molecule has 5 rings (SSSR count). The van der Waals surface area contributed by atoms with Gasteiger partial charge in [0.15, 0.2) is 0 Å². The summed E-state index contributed by atoms with van der Waals surface area (Å²) >= 11 is 5.88. The Bertz CT molecular complexity index is 1130. The number of amides is 1. The van der Waals surface area contributed by atoms with E-state index in [-0.39, 0.29) is 23.0 Å². The number of rotatable bonds is 3. The third-order valence-corrected chi connectivity index (χ3v) is 7.07. The van der Waals surface area contributed by atoms with Crippen molar-refractivity contribution >= 4 is 34.2 Å². The average molecular weight is 428 g/mol. The van der Waals surface area contributed by atoms with Gasteiger partial charge in [-0.05, 0) is 79.3 Å². The van der Waals surface area contributed by atoms with E-state index in [4.69, 9.17) is 11.6 Å². The molecule has 0 aliphatic heterocycles. The summed E-state index contributed by atoms with van der Waals surface area (Å²) < 4.78 is 15.3. The van der Waals surface area contributed by atoms with Crippen molar-refractivity contribution in [3.8, 4) is 0 Å². The standard InChI is InChI=1S/C23H23ClFN3O2/c1-28-21(23(30)27-15-4-5-19(25)18(24)11-15)20(17-3-2-6-26-22(17)28)14-7-12-9-16(29)10-13(12)8-14/h2-6,11-14,16,29H,7-10H2,1H3,(H,27,30). The van der Waals surface area contributed by atoms with Gasteiger partial charge in [-0.3, -0.25) is 4.79 Å². The van der Waals surface area contributed by atoms with E-state index < -0.39 is 5.82 Å². The van der Waals surface area contributed by atoms with Gasteiger partial charge in [0.25, 0.3) is 5.91 Å². The van der Waals surface area contributed by atoms with Crippen LogP contribution in [0.4, 0.5) is 10.1 Å². The minimum Gasteiger partial charge on any atom is -0.393 e. The van der Waals surface area contributed by atoms with Crippen LogP contribution in [0.2, 0.25) is 5.02 Å². The molecule has 1 aromatic carbocycles. The molecule has 156 valence electrons. The number of carbonyl (C=O) groups is 1. The van der Waals surface area contributed by atoms with Crippen molar-refractivity contribution in [2.75, 3.05) is 5.32 Å². The van der Waals surface area contributed by atoms with Gasteiger partial charge in [0.1, 0.15) is 17.2 Å². The van der Waals surface area contributed by atoms with E-state index in [1.54, 1.807) is 6.20 Å². The van der Waals surface area contributed by atoms with E-state index in [2.05, 4.69) is 10.3 Å². The number of pyridine rings is 1. The number of aliphatic hydroxyl groups is 1. The van der Waals surface area contributed by atoms with E-state index >= 15 is 0 Å². The van der Waals surface area contributed by atoms with Crippen LogP contribution in [0.3, 0.4) is 0 Å². The Balaban J connectivity index is 1.54. The van der Waals surface area contributed by atoms with E-state index in [1.165, 1.54) is 18.2 Å². The number of aliphatic hydroxyl groups excluding tert-OH is 1. The number of fused-ring (bicyclic) bond motifs is 2. The molecule has 1 amide bonds. The van der Waals surface area contributed by atoms with E-state index in [1.807, 2.05) is 23.7 Å². The second-order valence-corrected chi connectivity index (χ2v) is 9.00. The van der Waals surface area contributed by atoms with Crippen molar-refractivity contribution in [3.05, 3.63) is 58.6 Å².